The minimum atomic E-state index is 0.210. The van der Waals surface area contributed by atoms with Crippen LogP contribution in [0, 0.1) is 13.8 Å². The quantitative estimate of drug-likeness (QED) is 0.726. The molecule has 0 aliphatic carbocycles. The van der Waals surface area contributed by atoms with Crippen LogP contribution in [0.4, 0.5) is 0 Å². The number of aryl methyl sites for hydroxylation is 2. The molecule has 0 N–H and O–H groups in total. The van der Waals surface area contributed by atoms with Crippen LogP contribution in [0.1, 0.15) is 47.8 Å². The molecule has 3 aromatic rings. The fourth-order valence-electron chi connectivity index (χ4n) is 3.98. The average Bonchev–Trinajstić information content (AvgIpc) is 3.31. The molecule has 1 aromatic carbocycles. The first-order chi connectivity index (χ1) is 12.6. The third kappa shape index (κ3) is 2.96. The lowest BCUT2D eigenvalue weighted by Gasteiger charge is -2.25. The third-order valence-corrected chi connectivity index (χ3v) is 5.33. The van der Waals surface area contributed by atoms with Crippen LogP contribution < -0.4 is 0 Å². The van der Waals surface area contributed by atoms with Gasteiger partial charge in [-0.25, -0.2) is 9.50 Å². The van der Waals surface area contributed by atoms with Gasteiger partial charge < -0.3 is 4.90 Å². The standard InChI is InChI=1S/C20H23N5O/c1-14-17(15(2)25-20(23-14)21-13-22-25)10-11-19(26)24-12-6-9-18(24)16-7-4-3-5-8-16/h3-5,7-8,13,18H,6,9-12H2,1-2H3. The molecular weight excluding hydrogens is 326 g/mol. The number of fused-ring (bicyclic) bond motifs is 1. The molecule has 0 spiro atoms. The van der Waals surface area contributed by atoms with Crippen molar-refractivity contribution in [2.45, 2.75) is 45.6 Å². The Labute approximate surface area is 152 Å². The maximum atomic E-state index is 12.9. The Bertz CT molecular complexity index is 934. The van der Waals surface area contributed by atoms with Crippen molar-refractivity contribution < 1.29 is 4.79 Å². The van der Waals surface area contributed by atoms with Gasteiger partial charge in [0.15, 0.2) is 0 Å². The van der Waals surface area contributed by atoms with E-state index in [4.69, 9.17) is 0 Å². The molecule has 6 nitrogen and oxygen atoms in total. The van der Waals surface area contributed by atoms with Crippen LogP contribution >= 0.6 is 0 Å². The minimum absolute atomic E-state index is 0.210. The van der Waals surface area contributed by atoms with E-state index in [1.54, 1.807) is 4.52 Å². The van der Waals surface area contributed by atoms with Crippen LogP contribution in [0.15, 0.2) is 36.7 Å². The van der Waals surface area contributed by atoms with Crippen molar-refractivity contribution in [1.29, 1.82) is 0 Å². The van der Waals surface area contributed by atoms with E-state index in [0.717, 1.165) is 36.3 Å². The Kier molecular flexibility index (Phi) is 4.41. The predicted molar refractivity (Wildman–Crippen MR) is 98.7 cm³/mol. The molecule has 3 heterocycles. The first-order valence-electron chi connectivity index (χ1n) is 9.15. The van der Waals surface area contributed by atoms with E-state index in [1.165, 1.54) is 11.9 Å². The number of hydrogen-bond acceptors (Lipinski definition) is 4. The number of amides is 1. The van der Waals surface area contributed by atoms with E-state index in [1.807, 2.05) is 36.9 Å². The molecule has 4 rings (SSSR count). The van der Waals surface area contributed by atoms with Crippen LogP contribution in [0.3, 0.4) is 0 Å². The summed E-state index contributed by atoms with van der Waals surface area (Å²) < 4.78 is 1.75. The smallest absolute Gasteiger partial charge is 0.252 e. The topological polar surface area (TPSA) is 63.4 Å². The molecule has 1 fully saturated rings. The van der Waals surface area contributed by atoms with Crippen molar-refractivity contribution in [3.05, 3.63) is 59.2 Å². The zero-order chi connectivity index (χ0) is 18.1. The fraction of sp³-hybridized carbons (Fsp3) is 0.400. The van der Waals surface area contributed by atoms with E-state index in [-0.39, 0.29) is 11.9 Å². The normalized spacial score (nSPS) is 17.2. The number of nitrogens with zero attached hydrogens (tertiary/aromatic N) is 5. The van der Waals surface area contributed by atoms with Gasteiger partial charge in [-0.2, -0.15) is 10.1 Å². The van der Waals surface area contributed by atoms with Gasteiger partial charge in [0, 0.05) is 24.4 Å². The van der Waals surface area contributed by atoms with E-state index in [2.05, 4.69) is 27.2 Å². The number of likely N-dealkylation sites (tertiary alicyclic amines) is 1. The van der Waals surface area contributed by atoms with Crippen LogP contribution in [-0.2, 0) is 11.2 Å². The number of hydrogen-bond donors (Lipinski definition) is 0. The zero-order valence-electron chi connectivity index (χ0n) is 15.2. The van der Waals surface area contributed by atoms with Gasteiger partial charge in [-0.15, -0.1) is 0 Å². The SMILES string of the molecule is Cc1nc2ncnn2c(C)c1CCC(=O)N1CCCC1c1ccccc1. The van der Waals surface area contributed by atoms with Crippen molar-refractivity contribution in [3.8, 4) is 0 Å². The number of carbonyl (C=O) groups is 1. The summed E-state index contributed by atoms with van der Waals surface area (Å²) in [4.78, 5) is 23.6. The summed E-state index contributed by atoms with van der Waals surface area (Å²) in [5.74, 6) is 0.826. The molecule has 1 saturated heterocycles. The average molecular weight is 349 g/mol. The maximum Gasteiger partial charge on any atom is 0.252 e. The van der Waals surface area contributed by atoms with E-state index < -0.39 is 0 Å². The van der Waals surface area contributed by atoms with Gasteiger partial charge in [-0.05, 0) is 44.2 Å². The van der Waals surface area contributed by atoms with Crippen molar-refractivity contribution >= 4 is 11.7 Å². The van der Waals surface area contributed by atoms with Crippen LogP contribution in [-0.4, -0.2) is 36.9 Å². The van der Waals surface area contributed by atoms with Gasteiger partial charge in [0.25, 0.3) is 5.78 Å². The molecule has 1 aliphatic heterocycles. The van der Waals surface area contributed by atoms with E-state index in [0.29, 0.717) is 18.6 Å². The molecule has 1 atom stereocenters. The molecule has 2 aromatic heterocycles. The highest BCUT2D eigenvalue weighted by Gasteiger charge is 2.29. The highest BCUT2D eigenvalue weighted by Crippen LogP contribution is 2.32. The summed E-state index contributed by atoms with van der Waals surface area (Å²) in [5.41, 5.74) is 4.26. The third-order valence-electron chi connectivity index (χ3n) is 5.33. The first kappa shape index (κ1) is 16.7. The van der Waals surface area contributed by atoms with E-state index in [9.17, 15) is 4.79 Å². The lowest BCUT2D eigenvalue weighted by molar-refractivity contribution is -0.132. The second-order valence-electron chi connectivity index (χ2n) is 6.89. The maximum absolute atomic E-state index is 12.9. The predicted octanol–water partition coefficient (Wildman–Crippen LogP) is 3.04. The number of rotatable bonds is 4. The van der Waals surface area contributed by atoms with Gasteiger partial charge in [-0.3, -0.25) is 4.79 Å². The number of carbonyl (C=O) groups excluding carboxylic acids is 1. The summed E-state index contributed by atoms with van der Waals surface area (Å²) in [7, 11) is 0. The Morgan fingerprint density at radius 2 is 2.04 bits per heavy atom. The molecule has 0 bridgehead atoms. The Morgan fingerprint density at radius 3 is 2.85 bits per heavy atom. The number of aromatic nitrogens is 4. The number of benzene rings is 1. The van der Waals surface area contributed by atoms with E-state index >= 15 is 0 Å². The summed E-state index contributed by atoms with van der Waals surface area (Å²) in [5, 5.41) is 4.22. The molecule has 26 heavy (non-hydrogen) atoms. The van der Waals surface area contributed by atoms with Gasteiger partial charge in [0.2, 0.25) is 5.91 Å². The zero-order valence-corrected chi connectivity index (χ0v) is 15.2. The molecule has 1 unspecified atom stereocenters. The Hall–Kier alpha value is -2.76. The van der Waals surface area contributed by atoms with Crippen molar-refractivity contribution in [2.24, 2.45) is 0 Å². The van der Waals surface area contributed by atoms with Crippen molar-refractivity contribution in [2.75, 3.05) is 6.54 Å². The summed E-state index contributed by atoms with van der Waals surface area (Å²) in [6.45, 7) is 4.83. The minimum Gasteiger partial charge on any atom is -0.336 e. The van der Waals surface area contributed by atoms with Gasteiger partial charge >= 0.3 is 0 Å². The van der Waals surface area contributed by atoms with Gasteiger partial charge in [0.05, 0.1) is 6.04 Å². The lowest BCUT2D eigenvalue weighted by atomic mass is 10.0. The Balaban J connectivity index is 1.50. The van der Waals surface area contributed by atoms with Gasteiger partial charge in [0.1, 0.15) is 6.33 Å². The van der Waals surface area contributed by atoms with Crippen molar-refractivity contribution in [1.82, 2.24) is 24.5 Å². The lowest BCUT2D eigenvalue weighted by Crippen LogP contribution is -2.30. The van der Waals surface area contributed by atoms with Gasteiger partial charge in [-0.1, -0.05) is 30.3 Å². The first-order valence-corrected chi connectivity index (χ1v) is 9.15. The second kappa shape index (κ2) is 6.86. The highest BCUT2D eigenvalue weighted by atomic mass is 16.2. The van der Waals surface area contributed by atoms with Crippen molar-refractivity contribution in [3.63, 3.8) is 0 Å². The molecule has 1 aliphatic rings. The highest BCUT2D eigenvalue weighted by molar-refractivity contribution is 5.77. The molecule has 134 valence electrons. The van der Waals surface area contributed by atoms with Crippen LogP contribution in [0.5, 0.6) is 0 Å². The van der Waals surface area contributed by atoms with Crippen LogP contribution in [0.25, 0.3) is 5.78 Å². The monoisotopic (exact) mass is 349 g/mol. The molecule has 1 amide bonds. The van der Waals surface area contributed by atoms with Crippen LogP contribution in [0.2, 0.25) is 0 Å². The second-order valence-corrected chi connectivity index (χ2v) is 6.89. The summed E-state index contributed by atoms with van der Waals surface area (Å²) >= 11 is 0. The Morgan fingerprint density at radius 1 is 1.23 bits per heavy atom. The molecular formula is C20H23N5O. The largest absolute Gasteiger partial charge is 0.336 e. The fourth-order valence-corrected chi connectivity index (χ4v) is 3.98. The molecule has 0 saturated carbocycles. The molecule has 6 heteroatoms. The summed E-state index contributed by atoms with van der Waals surface area (Å²) in [6.07, 6.45) is 4.79. The molecule has 0 radical (unpaired) electrons. The summed E-state index contributed by atoms with van der Waals surface area (Å²) in [6, 6.07) is 10.6.